The third kappa shape index (κ3) is 7.23. The number of likely N-dealkylation sites (N-methyl/N-ethyl adjacent to an activating group) is 1. The van der Waals surface area contributed by atoms with Crippen molar-refractivity contribution >= 4 is 5.97 Å². The number of aliphatic hydroxyl groups is 1. The molecule has 1 N–H and O–H groups in total. The van der Waals surface area contributed by atoms with Crippen LogP contribution in [-0.4, -0.2) is 55.9 Å². The van der Waals surface area contributed by atoms with Crippen LogP contribution in [0.3, 0.4) is 0 Å². The third-order valence-corrected chi connectivity index (χ3v) is 2.87. The molecule has 5 heteroatoms. The van der Waals surface area contributed by atoms with Crippen LogP contribution in [0.1, 0.15) is 12.0 Å². The maximum Gasteiger partial charge on any atom is 0.306 e. The smallest absolute Gasteiger partial charge is 0.306 e. The van der Waals surface area contributed by atoms with Crippen LogP contribution in [0.2, 0.25) is 0 Å². The highest BCUT2D eigenvalue weighted by Gasteiger charge is 2.10. The van der Waals surface area contributed by atoms with Crippen molar-refractivity contribution in [3.8, 4) is 0 Å². The van der Waals surface area contributed by atoms with Gasteiger partial charge in [-0.05, 0) is 12.6 Å². The lowest BCUT2D eigenvalue weighted by molar-refractivity contribution is -0.141. The van der Waals surface area contributed by atoms with Gasteiger partial charge in [-0.2, -0.15) is 0 Å². The summed E-state index contributed by atoms with van der Waals surface area (Å²) in [5.74, 6) is -0.244. The summed E-state index contributed by atoms with van der Waals surface area (Å²) in [4.78, 5) is 12.9. The van der Waals surface area contributed by atoms with Gasteiger partial charge in [0.05, 0.1) is 32.8 Å². The highest BCUT2D eigenvalue weighted by molar-refractivity contribution is 5.69. The molecule has 5 nitrogen and oxygen atoms in total. The fourth-order valence-corrected chi connectivity index (χ4v) is 1.78. The first-order valence-corrected chi connectivity index (χ1v) is 6.67. The first-order valence-electron chi connectivity index (χ1n) is 6.67. The van der Waals surface area contributed by atoms with Gasteiger partial charge in [-0.3, -0.25) is 4.79 Å². The van der Waals surface area contributed by atoms with Gasteiger partial charge in [0, 0.05) is 13.1 Å². The fraction of sp³-hybridized carbons (Fsp3) is 0.533. The lowest BCUT2D eigenvalue weighted by atomic mass is 10.2. The number of carbonyl (C=O) groups excluding carboxylic acids is 1. The van der Waals surface area contributed by atoms with E-state index in [1.807, 2.05) is 42.3 Å². The molecule has 0 aliphatic rings. The first kappa shape index (κ1) is 16.6. The molecule has 0 amide bonds. The number of nitrogens with zero attached hydrogens (tertiary/aromatic N) is 1. The minimum atomic E-state index is -0.568. The Balaban J connectivity index is 2.13. The topological polar surface area (TPSA) is 59.0 Å². The Kier molecular flexibility index (Phi) is 7.87. The monoisotopic (exact) mass is 281 g/mol. The molecule has 0 spiro atoms. The number of ether oxygens (including phenoxy) is 2. The predicted octanol–water partition coefficient (Wildman–Crippen LogP) is 1.06. The zero-order valence-electron chi connectivity index (χ0n) is 12.1. The van der Waals surface area contributed by atoms with Crippen LogP contribution in [0.4, 0.5) is 0 Å². The maximum atomic E-state index is 11.0. The molecule has 112 valence electrons. The molecule has 0 fully saturated rings. The molecule has 0 heterocycles. The average Bonchev–Trinajstić information content (AvgIpc) is 2.45. The molecule has 0 aliphatic heterocycles. The lowest BCUT2D eigenvalue weighted by Crippen LogP contribution is -2.33. The number of aliphatic hydroxyl groups excluding tert-OH is 1. The van der Waals surface area contributed by atoms with E-state index >= 15 is 0 Å². The molecule has 0 aliphatic carbocycles. The predicted molar refractivity (Wildman–Crippen MR) is 76.2 cm³/mol. The van der Waals surface area contributed by atoms with Crippen molar-refractivity contribution in [2.75, 3.05) is 33.9 Å². The van der Waals surface area contributed by atoms with Crippen LogP contribution in [0.5, 0.6) is 0 Å². The van der Waals surface area contributed by atoms with Crippen LogP contribution in [0.25, 0.3) is 0 Å². The Morgan fingerprint density at radius 3 is 2.70 bits per heavy atom. The van der Waals surface area contributed by atoms with Gasteiger partial charge in [-0.1, -0.05) is 30.3 Å². The maximum absolute atomic E-state index is 11.0. The molecule has 0 saturated heterocycles. The number of hydrogen-bond acceptors (Lipinski definition) is 5. The van der Waals surface area contributed by atoms with Crippen molar-refractivity contribution < 1.29 is 19.4 Å². The summed E-state index contributed by atoms with van der Waals surface area (Å²) in [6, 6.07) is 9.82. The molecule has 1 unspecified atom stereocenters. The van der Waals surface area contributed by atoms with Crippen molar-refractivity contribution in [1.82, 2.24) is 4.90 Å². The summed E-state index contributed by atoms with van der Waals surface area (Å²) in [7, 11) is 3.22. The first-order chi connectivity index (χ1) is 9.61. The van der Waals surface area contributed by atoms with E-state index in [1.54, 1.807) is 0 Å². The van der Waals surface area contributed by atoms with E-state index in [1.165, 1.54) is 7.11 Å². The summed E-state index contributed by atoms with van der Waals surface area (Å²) in [5.41, 5.74) is 1.08. The summed E-state index contributed by atoms with van der Waals surface area (Å²) in [5, 5.41) is 9.84. The van der Waals surface area contributed by atoms with Crippen molar-refractivity contribution in [3.63, 3.8) is 0 Å². The van der Waals surface area contributed by atoms with Crippen LogP contribution < -0.4 is 0 Å². The SMILES string of the molecule is COC(=O)CCN(C)CC(O)COCc1ccccc1. The van der Waals surface area contributed by atoms with Crippen LogP contribution in [0, 0.1) is 0 Å². The van der Waals surface area contributed by atoms with Crippen LogP contribution in [0.15, 0.2) is 30.3 Å². The van der Waals surface area contributed by atoms with E-state index in [0.717, 1.165) is 5.56 Å². The van der Waals surface area contributed by atoms with Gasteiger partial charge in [0.25, 0.3) is 0 Å². The molecule has 0 aromatic heterocycles. The zero-order chi connectivity index (χ0) is 14.8. The van der Waals surface area contributed by atoms with Gasteiger partial charge >= 0.3 is 5.97 Å². The molecule has 1 aromatic rings. The molecular formula is C15H23NO4. The average molecular weight is 281 g/mol. The van der Waals surface area contributed by atoms with Gasteiger partial charge in [0.1, 0.15) is 0 Å². The number of benzene rings is 1. The molecule has 1 rings (SSSR count). The summed E-state index contributed by atoms with van der Waals surface area (Å²) in [6.07, 6.45) is -0.244. The standard InChI is InChI=1S/C15H23NO4/c1-16(9-8-15(18)19-2)10-14(17)12-20-11-13-6-4-3-5-7-13/h3-7,14,17H,8-12H2,1-2H3. The summed E-state index contributed by atoms with van der Waals surface area (Å²) >= 11 is 0. The summed E-state index contributed by atoms with van der Waals surface area (Å²) in [6.45, 7) is 1.79. The molecule has 20 heavy (non-hydrogen) atoms. The lowest BCUT2D eigenvalue weighted by Gasteiger charge is -2.20. The van der Waals surface area contributed by atoms with Crippen LogP contribution in [-0.2, 0) is 20.9 Å². The van der Waals surface area contributed by atoms with E-state index < -0.39 is 6.10 Å². The van der Waals surface area contributed by atoms with Gasteiger partial charge in [-0.15, -0.1) is 0 Å². The quantitative estimate of drug-likeness (QED) is 0.686. The minimum absolute atomic E-state index is 0.244. The Hall–Kier alpha value is -1.43. The summed E-state index contributed by atoms with van der Waals surface area (Å²) < 4.78 is 10.0. The van der Waals surface area contributed by atoms with Crippen molar-refractivity contribution in [2.45, 2.75) is 19.1 Å². The van der Waals surface area contributed by atoms with Gasteiger partial charge < -0.3 is 19.5 Å². The number of hydrogen-bond donors (Lipinski definition) is 1. The second-order valence-electron chi connectivity index (χ2n) is 4.74. The Morgan fingerprint density at radius 1 is 1.35 bits per heavy atom. The largest absolute Gasteiger partial charge is 0.469 e. The Bertz CT molecular complexity index is 383. The van der Waals surface area contributed by atoms with Crippen molar-refractivity contribution in [3.05, 3.63) is 35.9 Å². The number of carbonyl (C=O) groups is 1. The van der Waals surface area contributed by atoms with Gasteiger partial charge in [0.2, 0.25) is 0 Å². The second-order valence-corrected chi connectivity index (χ2v) is 4.74. The van der Waals surface area contributed by atoms with Crippen LogP contribution >= 0.6 is 0 Å². The highest BCUT2D eigenvalue weighted by Crippen LogP contribution is 2.01. The van der Waals surface area contributed by atoms with Crippen molar-refractivity contribution in [2.24, 2.45) is 0 Å². The van der Waals surface area contributed by atoms with Crippen molar-refractivity contribution in [1.29, 1.82) is 0 Å². The van der Waals surface area contributed by atoms with E-state index in [4.69, 9.17) is 4.74 Å². The fourth-order valence-electron chi connectivity index (χ4n) is 1.78. The minimum Gasteiger partial charge on any atom is -0.469 e. The van der Waals surface area contributed by atoms with E-state index in [0.29, 0.717) is 26.1 Å². The highest BCUT2D eigenvalue weighted by atomic mass is 16.5. The Morgan fingerprint density at radius 2 is 2.05 bits per heavy atom. The third-order valence-electron chi connectivity index (χ3n) is 2.87. The van der Waals surface area contributed by atoms with Gasteiger partial charge in [0.15, 0.2) is 0 Å². The molecule has 1 atom stereocenters. The van der Waals surface area contributed by atoms with E-state index in [9.17, 15) is 9.90 Å². The van der Waals surface area contributed by atoms with Gasteiger partial charge in [-0.25, -0.2) is 0 Å². The normalized spacial score (nSPS) is 12.4. The number of esters is 1. The number of methoxy groups -OCH3 is 1. The molecule has 0 saturated carbocycles. The molecule has 0 bridgehead atoms. The molecule has 0 radical (unpaired) electrons. The Labute approximate surface area is 120 Å². The molecule has 1 aromatic carbocycles. The molecular weight excluding hydrogens is 258 g/mol. The zero-order valence-corrected chi connectivity index (χ0v) is 12.1. The second kappa shape index (κ2) is 9.47. The number of rotatable bonds is 9. The van der Waals surface area contributed by atoms with E-state index in [2.05, 4.69) is 4.74 Å². The van der Waals surface area contributed by atoms with E-state index in [-0.39, 0.29) is 12.6 Å².